The normalized spacial score (nSPS) is 11.1. The van der Waals surface area contributed by atoms with Crippen LogP contribution in [0.15, 0.2) is 71.8 Å². The van der Waals surface area contributed by atoms with Crippen LogP contribution in [-0.4, -0.2) is 17.5 Å². The number of benzene rings is 3. The first-order valence-electron chi connectivity index (χ1n) is 9.11. The Balaban J connectivity index is 1.71. The number of hydrazone groups is 1. The molecule has 5 nitrogen and oxygen atoms in total. The first-order valence-corrected chi connectivity index (χ1v) is 9.87. The Morgan fingerprint density at radius 3 is 2.33 bits per heavy atom. The van der Waals surface area contributed by atoms with E-state index in [-0.39, 0.29) is 16.8 Å². The van der Waals surface area contributed by atoms with Gasteiger partial charge in [-0.3, -0.25) is 9.59 Å². The van der Waals surface area contributed by atoms with Crippen LogP contribution in [0.1, 0.15) is 38.8 Å². The van der Waals surface area contributed by atoms with Crippen molar-refractivity contribution in [3.05, 3.63) is 99.0 Å². The van der Waals surface area contributed by atoms with Crippen molar-refractivity contribution in [1.29, 1.82) is 0 Å². The molecule has 0 radical (unpaired) electrons. The zero-order valence-corrected chi connectivity index (χ0v) is 17.9. The number of carbonyl (C=O) groups is 2. The standard InChI is InChI=1S/C23H19Cl2N3O2/c1-14-5-3-7-17(11-14)22(29)28-27-15(2)16-6-4-8-19(12-16)26-23(30)20-10-9-18(24)13-21(20)25/h3-13H,1-2H3,(H,26,30)(H,28,29)/b27-15+. The van der Waals surface area contributed by atoms with Crippen LogP contribution in [0.2, 0.25) is 10.0 Å². The number of aryl methyl sites for hydroxylation is 1. The van der Waals surface area contributed by atoms with Gasteiger partial charge in [0, 0.05) is 16.3 Å². The summed E-state index contributed by atoms with van der Waals surface area (Å²) in [6.07, 6.45) is 0. The molecule has 0 bridgehead atoms. The molecular weight excluding hydrogens is 421 g/mol. The van der Waals surface area contributed by atoms with Gasteiger partial charge in [0.2, 0.25) is 0 Å². The summed E-state index contributed by atoms with van der Waals surface area (Å²) in [4.78, 5) is 24.8. The Hall–Kier alpha value is -3.15. The maximum Gasteiger partial charge on any atom is 0.271 e. The lowest BCUT2D eigenvalue weighted by Crippen LogP contribution is -2.19. The minimum atomic E-state index is -0.351. The SMILES string of the molecule is C/C(=N\NC(=O)c1cccc(C)c1)c1cccc(NC(=O)c2ccc(Cl)cc2Cl)c1. The zero-order chi connectivity index (χ0) is 21.7. The second kappa shape index (κ2) is 9.57. The Bertz CT molecular complexity index is 1140. The fraction of sp³-hybridized carbons (Fsp3) is 0.0870. The maximum atomic E-state index is 12.5. The monoisotopic (exact) mass is 439 g/mol. The van der Waals surface area contributed by atoms with Crippen LogP contribution >= 0.6 is 23.2 Å². The molecule has 3 aromatic rings. The van der Waals surface area contributed by atoms with Gasteiger partial charge in [-0.25, -0.2) is 5.43 Å². The molecule has 30 heavy (non-hydrogen) atoms. The van der Waals surface area contributed by atoms with Gasteiger partial charge < -0.3 is 5.32 Å². The minimum absolute atomic E-state index is 0.271. The van der Waals surface area contributed by atoms with E-state index in [1.807, 2.05) is 25.1 Å². The van der Waals surface area contributed by atoms with Gasteiger partial charge >= 0.3 is 0 Å². The van der Waals surface area contributed by atoms with Crippen molar-refractivity contribution in [2.75, 3.05) is 5.32 Å². The van der Waals surface area contributed by atoms with Gasteiger partial charge in [-0.2, -0.15) is 5.10 Å². The number of nitrogens with one attached hydrogen (secondary N) is 2. The van der Waals surface area contributed by atoms with Crippen molar-refractivity contribution >= 4 is 46.4 Å². The van der Waals surface area contributed by atoms with Crippen LogP contribution in [-0.2, 0) is 0 Å². The van der Waals surface area contributed by atoms with E-state index in [0.717, 1.165) is 11.1 Å². The second-order valence-corrected chi connectivity index (χ2v) is 7.51. The van der Waals surface area contributed by atoms with Gasteiger partial charge in [-0.1, -0.05) is 53.0 Å². The lowest BCUT2D eigenvalue weighted by Gasteiger charge is -2.09. The predicted octanol–water partition coefficient (Wildman–Crippen LogP) is 5.71. The molecule has 3 aromatic carbocycles. The molecular formula is C23H19Cl2N3O2. The highest BCUT2D eigenvalue weighted by Gasteiger charge is 2.12. The molecule has 0 heterocycles. The van der Waals surface area contributed by atoms with E-state index in [9.17, 15) is 9.59 Å². The van der Waals surface area contributed by atoms with Gasteiger partial charge in [-0.15, -0.1) is 0 Å². The molecule has 0 aromatic heterocycles. The molecule has 0 saturated heterocycles. The number of nitrogens with zero attached hydrogens (tertiary/aromatic N) is 1. The maximum absolute atomic E-state index is 12.5. The molecule has 3 rings (SSSR count). The average Bonchev–Trinajstić information content (AvgIpc) is 2.71. The van der Waals surface area contributed by atoms with Crippen molar-refractivity contribution in [2.24, 2.45) is 5.10 Å². The van der Waals surface area contributed by atoms with Gasteiger partial charge in [0.25, 0.3) is 11.8 Å². The van der Waals surface area contributed by atoms with Gasteiger partial charge in [0.05, 0.1) is 16.3 Å². The van der Waals surface area contributed by atoms with Crippen LogP contribution in [0.4, 0.5) is 5.69 Å². The molecule has 0 aliphatic carbocycles. The minimum Gasteiger partial charge on any atom is -0.322 e. The first-order chi connectivity index (χ1) is 14.3. The smallest absolute Gasteiger partial charge is 0.271 e. The summed E-state index contributed by atoms with van der Waals surface area (Å²) in [5.74, 6) is -0.643. The third-order valence-corrected chi connectivity index (χ3v) is 4.87. The molecule has 2 amide bonds. The summed E-state index contributed by atoms with van der Waals surface area (Å²) in [5.41, 5.74) is 6.32. The first kappa shape index (κ1) is 21.6. The molecule has 152 valence electrons. The number of anilines is 1. The Morgan fingerprint density at radius 1 is 0.867 bits per heavy atom. The highest BCUT2D eigenvalue weighted by molar-refractivity contribution is 6.37. The van der Waals surface area contributed by atoms with Gasteiger partial charge in [0.1, 0.15) is 0 Å². The van der Waals surface area contributed by atoms with E-state index in [1.54, 1.807) is 49.4 Å². The van der Waals surface area contributed by atoms with E-state index < -0.39 is 0 Å². The molecule has 0 saturated carbocycles. The molecule has 0 spiro atoms. The van der Waals surface area contributed by atoms with Crippen molar-refractivity contribution in [1.82, 2.24) is 5.43 Å². The van der Waals surface area contributed by atoms with Crippen LogP contribution in [0.5, 0.6) is 0 Å². The lowest BCUT2D eigenvalue weighted by molar-refractivity contribution is 0.0954. The Morgan fingerprint density at radius 2 is 1.60 bits per heavy atom. The largest absolute Gasteiger partial charge is 0.322 e. The molecule has 0 aliphatic heterocycles. The van der Waals surface area contributed by atoms with Crippen molar-refractivity contribution < 1.29 is 9.59 Å². The lowest BCUT2D eigenvalue weighted by atomic mass is 10.1. The van der Waals surface area contributed by atoms with Gasteiger partial charge in [0.15, 0.2) is 0 Å². The zero-order valence-electron chi connectivity index (χ0n) is 16.4. The molecule has 7 heteroatoms. The van der Waals surface area contributed by atoms with Crippen LogP contribution in [0.25, 0.3) is 0 Å². The third kappa shape index (κ3) is 5.47. The van der Waals surface area contributed by atoms with Crippen LogP contribution in [0, 0.1) is 6.92 Å². The highest BCUT2D eigenvalue weighted by atomic mass is 35.5. The summed E-state index contributed by atoms with van der Waals surface area (Å²) in [7, 11) is 0. The van der Waals surface area contributed by atoms with E-state index in [0.29, 0.717) is 27.5 Å². The topological polar surface area (TPSA) is 70.6 Å². The van der Waals surface area contributed by atoms with Crippen LogP contribution in [0.3, 0.4) is 0 Å². The van der Waals surface area contributed by atoms with Crippen molar-refractivity contribution in [3.63, 3.8) is 0 Å². The summed E-state index contributed by atoms with van der Waals surface area (Å²) in [6, 6.07) is 19.1. The Labute approximate surface area is 184 Å². The van der Waals surface area contributed by atoms with E-state index in [1.165, 1.54) is 6.07 Å². The number of hydrogen-bond acceptors (Lipinski definition) is 3. The van der Waals surface area contributed by atoms with Crippen LogP contribution < -0.4 is 10.7 Å². The quantitative estimate of drug-likeness (QED) is 0.394. The number of hydrogen-bond donors (Lipinski definition) is 2. The second-order valence-electron chi connectivity index (χ2n) is 6.67. The highest BCUT2D eigenvalue weighted by Crippen LogP contribution is 2.22. The summed E-state index contributed by atoms with van der Waals surface area (Å²) < 4.78 is 0. The number of halogens is 2. The molecule has 0 fully saturated rings. The van der Waals surface area contributed by atoms with Gasteiger partial charge in [-0.05, 0) is 61.9 Å². The number of carbonyl (C=O) groups excluding carboxylic acids is 2. The van der Waals surface area contributed by atoms with E-state index >= 15 is 0 Å². The molecule has 2 N–H and O–H groups in total. The van der Waals surface area contributed by atoms with Crippen molar-refractivity contribution in [3.8, 4) is 0 Å². The van der Waals surface area contributed by atoms with E-state index in [4.69, 9.17) is 23.2 Å². The van der Waals surface area contributed by atoms with Crippen molar-refractivity contribution in [2.45, 2.75) is 13.8 Å². The number of rotatable bonds is 5. The van der Waals surface area contributed by atoms with E-state index in [2.05, 4.69) is 15.8 Å². The fourth-order valence-corrected chi connectivity index (χ4v) is 3.24. The Kier molecular flexibility index (Phi) is 6.87. The average molecular weight is 440 g/mol. The fourth-order valence-electron chi connectivity index (χ4n) is 2.74. The summed E-state index contributed by atoms with van der Waals surface area (Å²) >= 11 is 12.0. The molecule has 0 unspecified atom stereocenters. The number of amides is 2. The third-order valence-electron chi connectivity index (χ3n) is 4.32. The molecule has 0 atom stereocenters. The summed E-state index contributed by atoms with van der Waals surface area (Å²) in [6.45, 7) is 3.69. The predicted molar refractivity (Wildman–Crippen MR) is 122 cm³/mol. The summed E-state index contributed by atoms with van der Waals surface area (Å²) in [5, 5.41) is 7.70. The molecule has 0 aliphatic rings.